The number of amides is 1. The van der Waals surface area contributed by atoms with Crippen molar-refractivity contribution >= 4 is 33.3 Å². The number of carbonyl (C=O) groups is 2. The molecule has 1 aromatic carbocycles. The van der Waals surface area contributed by atoms with Gasteiger partial charge in [-0.3, -0.25) is 9.59 Å². The van der Waals surface area contributed by atoms with Crippen LogP contribution in [0.15, 0.2) is 18.2 Å². The standard InChI is InChI=1S/C20H26F3N3O6S/c1-13(32-19(28)17-4-3-7-26(17)33(2,29)30)18(27)24-15-12-14(20(21,22)23)5-6-16(15)25-8-10-31-11-9-25/h5-6,12-13,17H,3-4,7-11H2,1-2H3,(H,24,27)/t13-,17-/m0/s1. The van der Waals surface area contributed by atoms with Gasteiger partial charge in [-0.1, -0.05) is 0 Å². The molecular formula is C20H26F3N3O6S. The van der Waals surface area contributed by atoms with Gasteiger partial charge >= 0.3 is 12.1 Å². The molecule has 0 aromatic heterocycles. The number of morpholine rings is 1. The fraction of sp³-hybridized carbons (Fsp3) is 0.600. The summed E-state index contributed by atoms with van der Waals surface area (Å²) in [4.78, 5) is 27.0. The zero-order chi connectivity index (χ0) is 24.4. The summed E-state index contributed by atoms with van der Waals surface area (Å²) < 4.78 is 74.9. The SMILES string of the molecule is C[C@H](OC(=O)[C@@H]1CCCN1S(C)(=O)=O)C(=O)Nc1cc(C(F)(F)F)ccc1N1CCOCC1. The molecule has 9 nitrogen and oxygen atoms in total. The fourth-order valence-corrected chi connectivity index (χ4v) is 4.92. The minimum atomic E-state index is -4.61. The van der Waals surface area contributed by atoms with Gasteiger partial charge in [-0.25, -0.2) is 8.42 Å². The molecule has 0 radical (unpaired) electrons. The molecule has 1 amide bonds. The van der Waals surface area contributed by atoms with Crippen LogP contribution >= 0.6 is 0 Å². The van der Waals surface area contributed by atoms with E-state index in [1.54, 1.807) is 4.90 Å². The van der Waals surface area contributed by atoms with Crippen LogP contribution in [0.5, 0.6) is 0 Å². The number of carbonyl (C=O) groups excluding carboxylic acids is 2. The van der Waals surface area contributed by atoms with Crippen molar-refractivity contribution in [1.29, 1.82) is 0 Å². The number of halogens is 3. The third-order valence-electron chi connectivity index (χ3n) is 5.50. The molecule has 2 aliphatic rings. The van der Waals surface area contributed by atoms with Crippen molar-refractivity contribution < 1.29 is 40.7 Å². The van der Waals surface area contributed by atoms with Crippen LogP contribution in [0, 0.1) is 0 Å². The van der Waals surface area contributed by atoms with Gasteiger partial charge in [-0.2, -0.15) is 17.5 Å². The molecule has 1 N–H and O–H groups in total. The fourth-order valence-electron chi connectivity index (χ4n) is 3.81. The monoisotopic (exact) mass is 493 g/mol. The van der Waals surface area contributed by atoms with Gasteiger partial charge in [0.1, 0.15) is 6.04 Å². The third kappa shape index (κ3) is 6.15. The summed E-state index contributed by atoms with van der Waals surface area (Å²) in [5.41, 5.74) is -0.621. The second-order valence-corrected chi connectivity index (χ2v) is 9.86. The Bertz CT molecular complexity index is 995. The summed E-state index contributed by atoms with van der Waals surface area (Å²) in [6.07, 6.45) is -4.25. The molecule has 2 aliphatic heterocycles. The van der Waals surface area contributed by atoms with Gasteiger partial charge in [0.25, 0.3) is 5.91 Å². The average Bonchev–Trinajstić information content (AvgIpc) is 3.24. The minimum Gasteiger partial charge on any atom is -0.451 e. The largest absolute Gasteiger partial charge is 0.451 e. The van der Waals surface area contributed by atoms with Gasteiger partial charge in [-0.15, -0.1) is 0 Å². The second kappa shape index (κ2) is 9.85. The van der Waals surface area contributed by atoms with Crippen molar-refractivity contribution in [2.24, 2.45) is 0 Å². The maximum atomic E-state index is 13.2. The summed E-state index contributed by atoms with van der Waals surface area (Å²) in [5.74, 6) is -1.71. The number of benzene rings is 1. The lowest BCUT2D eigenvalue weighted by Gasteiger charge is -2.31. The highest BCUT2D eigenvalue weighted by Crippen LogP contribution is 2.36. The molecular weight excluding hydrogens is 467 g/mol. The number of rotatable bonds is 6. The van der Waals surface area contributed by atoms with Crippen LogP contribution in [0.1, 0.15) is 25.3 Å². The van der Waals surface area contributed by atoms with E-state index in [4.69, 9.17) is 9.47 Å². The molecule has 33 heavy (non-hydrogen) atoms. The van der Waals surface area contributed by atoms with E-state index >= 15 is 0 Å². The molecule has 0 saturated carbocycles. The predicted molar refractivity (Wildman–Crippen MR) is 113 cm³/mol. The molecule has 0 aliphatic carbocycles. The van der Waals surface area contributed by atoms with E-state index in [2.05, 4.69) is 5.32 Å². The minimum absolute atomic E-state index is 0.0711. The van der Waals surface area contributed by atoms with Gasteiger partial charge < -0.3 is 19.7 Å². The number of alkyl halides is 3. The molecule has 2 saturated heterocycles. The molecule has 2 heterocycles. The topological polar surface area (TPSA) is 105 Å². The summed E-state index contributed by atoms with van der Waals surface area (Å²) in [6, 6.07) is 2.01. The zero-order valence-electron chi connectivity index (χ0n) is 18.2. The Morgan fingerprint density at radius 2 is 1.88 bits per heavy atom. The Kier molecular flexibility index (Phi) is 7.54. The first-order valence-electron chi connectivity index (χ1n) is 10.4. The Hall–Kier alpha value is -2.38. The average molecular weight is 494 g/mol. The first-order valence-corrected chi connectivity index (χ1v) is 12.2. The number of hydrogen-bond acceptors (Lipinski definition) is 7. The molecule has 2 atom stereocenters. The van der Waals surface area contributed by atoms with Crippen molar-refractivity contribution in [3.8, 4) is 0 Å². The number of hydrogen-bond donors (Lipinski definition) is 1. The van der Waals surface area contributed by atoms with Crippen molar-refractivity contribution in [3.05, 3.63) is 23.8 Å². The Labute approximate surface area is 189 Å². The summed E-state index contributed by atoms with van der Waals surface area (Å²) >= 11 is 0. The number of nitrogens with one attached hydrogen (secondary N) is 1. The van der Waals surface area contributed by atoms with E-state index in [-0.39, 0.29) is 18.7 Å². The van der Waals surface area contributed by atoms with Crippen LogP contribution in [0.25, 0.3) is 0 Å². The molecule has 1 aromatic rings. The summed E-state index contributed by atoms with van der Waals surface area (Å²) in [5, 5.41) is 2.43. The van der Waals surface area contributed by atoms with Gasteiger partial charge in [-0.05, 0) is 38.0 Å². The summed E-state index contributed by atoms with van der Waals surface area (Å²) in [6.45, 7) is 3.09. The third-order valence-corrected chi connectivity index (χ3v) is 6.79. The van der Waals surface area contributed by atoms with E-state index in [0.29, 0.717) is 38.4 Å². The molecule has 0 bridgehead atoms. The lowest BCUT2D eigenvalue weighted by molar-refractivity contribution is -0.156. The Morgan fingerprint density at radius 3 is 2.48 bits per heavy atom. The van der Waals surface area contributed by atoms with E-state index < -0.39 is 45.8 Å². The quantitative estimate of drug-likeness (QED) is 0.603. The van der Waals surface area contributed by atoms with Crippen molar-refractivity contribution in [2.75, 3.05) is 49.3 Å². The highest BCUT2D eigenvalue weighted by atomic mass is 32.2. The van der Waals surface area contributed by atoms with Gasteiger partial charge in [0.2, 0.25) is 10.0 Å². The lowest BCUT2D eigenvalue weighted by Crippen LogP contribution is -2.43. The normalized spacial score (nSPS) is 21.0. The highest BCUT2D eigenvalue weighted by Gasteiger charge is 2.39. The van der Waals surface area contributed by atoms with Crippen molar-refractivity contribution in [3.63, 3.8) is 0 Å². The lowest BCUT2D eigenvalue weighted by atomic mass is 10.1. The molecule has 3 rings (SSSR count). The maximum Gasteiger partial charge on any atom is 0.416 e. The molecule has 0 spiro atoms. The van der Waals surface area contributed by atoms with E-state index in [1.807, 2.05) is 0 Å². The number of esters is 1. The Morgan fingerprint density at radius 1 is 1.21 bits per heavy atom. The molecule has 184 valence electrons. The van der Waals surface area contributed by atoms with Crippen molar-refractivity contribution in [2.45, 2.75) is 38.1 Å². The highest BCUT2D eigenvalue weighted by molar-refractivity contribution is 7.88. The smallest absolute Gasteiger partial charge is 0.416 e. The number of nitrogens with zero attached hydrogens (tertiary/aromatic N) is 2. The Balaban J connectivity index is 1.75. The van der Waals surface area contributed by atoms with E-state index in [0.717, 1.165) is 22.7 Å². The first-order chi connectivity index (χ1) is 15.4. The predicted octanol–water partition coefficient (Wildman–Crippen LogP) is 1.84. The van der Waals surface area contributed by atoms with E-state index in [1.165, 1.54) is 13.0 Å². The summed E-state index contributed by atoms with van der Waals surface area (Å²) in [7, 11) is -3.63. The molecule has 13 heteroatoms. The van der Waals surface area contributed by atoms with Gasteiger partial charge in [0.15, 0.2) is 6.10 Å². The molecule has 2 fully saturated rings. The van der Waals surface area contributed by atoms with Crippen LogP contribution in [0.2, 0.25) is 0 Å². The number of anilines is 2. The van der Waals surface area contributed by atoms with Crippen LogP contribution in [0.4, 0.5) is 24.5 Å². The van der Waals surface area contributed by atoms with Gasteiger partial charge in [0.05, 0.1) is 36.4 Å². The molecule has 0 unspecified atom stereocenters. The van der Waals surface area contributed by atoms with Crippen LogP contribution in [0.3, 0.4) is 0 Å². The van der Waals surface area contributed by atoms with Crippen molar-refractivity contribution in [1.82, 2.24) is 4.31 Å². The van der Waals surface area contributed by atoms with E-state index in [9.17, 15) is 31.2 Å². The van der Waals surface area contributed by atoms with Crippen LogP contribution in [-0.2, 0) is 35.3 Å². The zero-order valence-corrected chi connectivity index (χ0v) is 19.0. The van der Waals surface area contributed by atoms with Crippen LogP contribution < -0.4 is 10.2 Å². The van der Waals surface area contributed by atoms with Gasteiger partial charge in [0, 0.05) is 19.6 Å². The maximum absolute atomic E-state index is 13.2. The second-order valence-electron chi connectivity index (χ2n) is 7.93. The first kappa shape index (κ1) is 25.2. The number of ether oxygens (including phenoxy) is 2. The van der Waals surface area contributed by atoms with Crippen LogP contribution in [-0.4, -0.2) is 75.8 Å². The number of sulfonamides is 1.